The molecule has 1 aromatic rings. The van der Waals surface area contributed by atoms with Crippen LogP contribution in [-0.4, -0.2) is 25.7 Å². The van der Waals surface area contributed by atoms with E-state index in [0.29, 0.717) is 23.8 Å². The van der Waals surface area contributed by atoms with E-state index in [1.807, 2.05) is 19.9 Å². The summed E-state index contributed by atoms with van der Waals surface area (Å²) in [5.41, 5.74) is 3.65. The van der Waals surface area contributed by atoms with Crippen LogP contribution in [0.2, 0.25) is 0 Å². The van der Waals surface area contributed by atoms with Gasteiger partial charge in [-0.3, -0.25) is 10.6 Å². The van der Waals surface area contributed by atoms with Crippen LogP contribution in [0.3, 0.4) is 0 Å². The second-order valence-corrected chi connectivity index (χ2v) is 4.47. The lowest BCUT2D eigenvalue weighted by Crippen LogP contribution is -2.41. The number of carbonyl (C=O) groups is 1. The van der Waals surface area contributed by atoms with E-state index in [2.05, 4.69) is 10.7 Å². The number of benzene rings is 1. The molecule has 0 aliphatic rings. The summed E-state index contributed by atoms with van der Waals surface area (Å²) in [4.78, 5) is 12.2. The summed E-state index contributed by atoms with van der Waals surface area (Å²) < 4.78 is 5.10. The fraction of sp³-hybridized carbons (Fsp3) is 0.462. The van der Waals surface area contributed by atoms with Gasteiger partial charge in [-0.2, -0.15) is 0 Å². The summed E-state index contributed by atoms with van der Waals surface area (Å²) in [5.74, 6) is 5.53. The number of hydrogen-bond donors (Lipinski definition) is 3. The fourth-order valence-corrected chi connectivity index (χ4v) is 1.63. The molecular formula is C13H21N3O2. The van der Waals surface area contributed by atoms with E-state index in [9.17, 15) is 4.79 Å². The molecule has 5 nitrogen and oxygen atoms in total. The van der Waals surface area contributed by atoms with Gasteiger partial charge in [0.25, 0.3) is 5.91 Å². The minimum absolute atomic E-state index is 0.0201. The quantitative estimate of drug-likeness (QED) is 0.527. The molecule has 0 spiro atoms. The van der Waals surface area contributed by atoms with E-state index in [1.165, 1.54) is 0 Å². The Hall–Kier alpha value is -1.59. The molecule has 0 bridgehead atoms. The summed E-state index contributed by atoms with van der Waals surface area (Å²) in [6.45, 7) is 4.57. The Balaban J connectivity index is 2.80. The van der Waals surface area contributed by atoms with Crippen molar-refractivity contribution in [2.45, 2.75) is 19.9 Å². The van der Waals surface area contributed by atoms with Crippen LogP contribution in [0.1, 0.15) is 24.2 Å². The molecule has 0 saturated heterocycles. The number of hydrazine groups is 1. The zero-order valence-electron chi connectivity index (χ0n) is 11.1. The summed E-state index contributed by atoms with van der Waals surface area (Å²) in [6, 6.07) is 7.09. The zero-order valence-corrected chi connectivity index (χ0v) is 11.1. The van der Waals surface area contributed by atoms with E-state index in [1.54, 1.807) is 25.3 Å². The standard InChI is InChI=1S/C13H21N3O2/c1-9(2)12(8-18-3)15-13(17)10-6-4-5-7-11(10)16-14/h4-7,9,12,16H,8,14H2,1-3H3,(H,15,17). The van der Waals surface area contributed by atoms with E-state index < -0.39 is 0 Å². The summed E-state index contributed by atoms with van der Waals surface area (Å²) in [7, 11) is 1.62. The van der Waals surface area contributed by atoms with Crippen LogP contribution in [0, 0.1) is 5.92 Å². The van der Waals surface area contributed by atoms with Crippen molar-refractivity contribution in [1.29, 1.82) is 0 Å². The maximum Gasteiger partial charge on any atom is 0.253 e. The van der Waals surface area contributed by atoms with Crippen LogP contribution in [0.5, 0.6) is 0 Å². The lowest BCUT2D eigenvalue weighted by Gasteiger charge is -2.22. The second kappa shape index (κ2) is 6.98. The Bertz CT molecular complexity index is 394. The molecule has 0 fully saturated rings. The Labute approximate surface area is 108 Å². The predicted molar refractivity (Wildman–Crippen MR) is 72.2 cm³/mol. The molecule has 4 N–H and O–H groups in total. The van der Waals surface area contributed by atoms with Gasteiger partial charge in [0.05, 0.1) is 23.9 Å². The van der Waals surface area contributed by atoms with Crippen molar-refractivity contribution in [3.05, 3.63) is 29.8 Å². The van der Waals surface area contributed by atoms with Crippen molar-refractivity contribution in [3.8, 4) is 0 Å². The molecule has 0 heterocycles. The van der Waals surface area contributed by atoms with E-state index in [4.69, 9.17) is 10.6 Å². The molecule has 18 heavy (non-hydrogen) atoms. The molecule has 1 unspecified atom stereocenters. The van der Waals surface area contributed by atoms with Crippen LogP contribution < -0.4 is 16.6 Å². The lowest BCUT2D eigenvalue weighted by molar-refractivity contribution is 0.0867. The Morgan fingerprint density at radius 1 is 1.39 bits per heavy atom. The number of methoxy groups -OCH3 is 1. The topological polar surface area (TPSA) is 76.4 Å². The van der Waals surface area contributed by atoms with E-state index >= 15 is 0 Å². The number of nitrogens with two attached hydrogens (primary N) is 1. The highest BCUT2D eigenvalue weighted by Gasteiger charge is 2.18. The van der Waals surface area contributed by atoms with Crippen molar-refractivity contribution in [2.24, 2.45) is 11.8 Å². The van der Waals surface area contributed by atoms with Gasteiger partial charge in [-0.05, 0) is 18.1 Å². The zero-order chi connectivity index (χ0) is 13.5. The third-order valence-corrected chi connectivity index (χ3v) is 2.79. The number of rotatable bonds is 6. The number of hydrogen-bond acceptors (Lipinski definition) is 4. The average Bonchev–Trinajstić information content (AvgIpc) is 2.37. The third kappa shape index (κ3) is 3.72. The molecule has 0 aliphatic carbocycles. The molecule has 1 aromatic carbocycles. The molecule has 100 valence electrons. The van der Waals surface area contributed by atoms with Crippen molar-refractivity contribution in [3.63, 3.8) is 0 Å². The molecule has 0 aliphatic heterocycles. The summed E-state index contributed by atoms with van der Waals surface area (Å²) in [6.07, 6.45) is 0. The highest BCUT2D eigenvalue weighted by Crippen LogP contribution is 2.14. The van der Waals surface area contributed by atoms with Crippen molar-refractivity contribution in [2.75, 3.05) is 19.1 Å². The van der Waals surface area contributed by atoms with Gasteiger partial charge >= 0.3 is 0 Å². The van der Waals surface area contributed by atoms with Crippen LogP contribution >= 0.6 is 0 Å². The first-order chi connectivity index (χ1) is 8.60. The van der Waals surface area contributed by atoms with E-state index in [0.717, 1.165) is 0 Å². The van der Waals surface area contributed by atoms with Gasteiger partial charge < -0.3 is 15.5 Å². The van der Waals surface area contributed by atoms with Crippen LogP contribution in [0.4, 0.5) is 5.69 Å². The predicted octanol–water partition coefficient (Wildman–Crippen LogP) is 1.37. The first-order valence-electron chi connectivity index (χ1n) is 5.95. The largest absolute Gasteiger partial charge is 0.383 e. The highest BCUT2D eigenvalue weighted by molar-refractivity contribution is 5.99. The van der Waals surface area contributed by atoms with Gasteiger partial charge in [0.15, 0.2) is 0 Å². The van der Waals surface area contributed by atoms with Crippen molar-refractivity contribution < 1.29 is 9.53 Å². The maximum atomic E-state index is 12.2. The number of para-hydroxylation sites is 1. The summed E-state index contributed by atoms with van der Waals surface area (Å²) in [5, 5.41) is 2.95. The number of nitrogen functional groups attached to an aromatic ring is 1. The molecule has 1 amide bonds. The molecule has 1 atom stereocenters. The molecule has 1 rings (SSSR count). The maximum absolute atomic E-state index is 12.2. The average molecular weight is 251 g/mol. The number of carbonyl (C=O) groups excluding carboxylic acids is 1. The van der Waals surface area contributed by atoms with Crippen molar-refractivity contribution in [1.82, 2.24) is 5.32 Å². The SMILES string of the molecule is COCC(NC(=O)c1ccccc1NN)C(C)C. The van der Waals surface area contributed by atoms with Gasteiger partial charge in [0.2, 0.25) is 0 Å². The second-order valence-electron chi connectivity index (χ2n) is 4.47. The smallest absolute Gasteiger partial charge is 0.253 e. The van der Waals surface area contributed by atoms with Gasteiger partial charge in [0, 0.05) is 7.11 Å². The van der Waals surface area contributed by atoms with Gasteiger partial charge in [-0.15, -0.1) is 0 Å². The third-order valence-electron chi connectivity index (χ3n) is 2.79. The first kappa shape index (κ1) is 14.5. The minimum Gasteiger partial charge on any atom is -0.383 e. The van der Waals surface area contributed by atoms with Gasteiger partial charge in [-0.1, -0.05) is 26.0 Å². The molecule has 5 heteroatoms. The molecular weight excluding hydrogens is 230 g/mol. The molecule has 0 radical (unpaired) electrons. The minimum atomic E-state index is -0.153. The lowest BCUT2D eigenvalue weighted by atomic mass is 10.0. The van der Waals surface area contributed by atoms with Crippen LogP contribution in [0.25, 0.3) is 0 Å². The first-order valence-corrected chi connectivity index (χ1v) is 5.95. The van der Waals surface area contributed by atoms with Crippen molar-refractivity contribution >= 4 is 11.6 Å². The Kier molecular flexibility index (Phi) is 5.61. The molecule has 0 aromatic heterocycles. The Morgan fingerprint density at radius 2 is 2.06 bits per heavy atom. The van der Waals surface area contributed by atoms with Crippen LogP contribution in [0.15, 0.2) is 24.3 Å². The van der Waals surface area contributed by atoms with E-state index in [-0.39, 0.29) is 11.9 Å². The van der Waals surface area contributed by atoms with Gasteiger partial charge in [0.1, 0.15) is 0 Å². The summed E-state index contributed by atoms with van der Waals surface area (Å²) >= 11 is 0. The van der Waals surface area contributed by atoms with Crippen LogP contribution in [-0.2, 0) is 4.74 Å². The number of ether oxygens (including phenoxy) is 1. The number of amides is 1. The number of nitrogens with one attached hydrogen (secondary N) is 2. The normalized spacial score (nSPS) is 12.3. The Morgan fingerprint density at radius 3 is 2.61 bits per heavy atom. The number of anilines is 1. The molecule has 0 saturated carbocycles. The highest BCUT2D eigenvalue weighted by atomic mass is 16.5. The van der Waals surface area contributed by atoms with Gasteiger partial charge in [-0.25, -0.2) is 0 Å². The monoisotopic (exact) mass is 251 g/mol. The fourth-order valence-electron chi connectivity index (χ4n) is 1.63.